The molecule has 7 heteroatoms. The summed E-state index contributed by atoms with van der Waals surface area (Å²) in [5.74, 6) is 0.563. The van der Waals surface area contributed by atoms with Crippen LogP contribution >= 0.6 is 11.3 Å². The zero-order valence-corrected chi connectivity index (χ0v) is 17.9. The molecule has 4 rings (SSSR count). The van der Waals surface area contributed by atoms with Crippen molar-refractivity contribution in [3.63, 3.8) is 0 Å². The van der Waals surface area contributed by atoms with Crippen LogP contribution in [0.1, 0.15) is 32.9 Å². The maximum Gasteiger partial charge on any atom is 0.272 e. The summed E-state index contributed by atoms with van der Waals surface area (Å²) in [7, 11) is 1.65. The number of nitrogens with one attached hydrogen (secondary N) is 1. The summed E-state index contributed by atoms with van der Waals surface area (Å²) in [5.41, 5.74) is 7.18. The number of carbonyl (C=O) groups is 1. The molecule has 0 unspecified atom stereocenters. The lowest BCUT2D eigenvalue weighted by Crippen LogP contribution is -2.17. The molecule has 1 amide bonds. The molecule has 0 bridgehead atoms. The molecule has 152 valence electrons. The van der Waals surface area contributed by atoms with Crippen molar-refractivity contribution in [2.45, 2.75) is 20.4 Å². The molecule has 0 aliphatic heterocycles. The Labute approximate surface area is 178 Å². The number of methoxy groups -OCH3 is 1. The summed E-state index contributed by atoms with van der Waals surface area (Å²) in [6.45, 7) is 4.60. The predicted molar refractivity (Wildman–Crippen MR) is 121 cm³/mol. The Kier molecular flexibility index (Phi) is 5.63. The van der Waals surface area contributed by atoms with E-state index in [2.05, 4.69) is 15.6 Å². The minimum atomic E-state index is -0.222. The third kappa shape index (κ3) is 4.11. The zero-order chi connectivity index (χ0) is 21.1. The zero-order valence-electron chi connectivity index (χ0n) is 17.0. The van der Waals surface area contributed by atoms with Crippen LogP contribution in [0.2, 0.25) is 0 Å². The van der Waals surface area contributed by atoms with Crippen LogP contribution < -0.4 is 10.2 Å². The normalized spacial score (nSPS) is 11.3. The molecule has 0 fully saturated rings. The number of nitrogens with zero attached hydrogens (tertiary/aromatic N) is 3. The highest BCUT2D eigenvalue weighted by atomic mass is 32.1. The number of aryl methyl sites for hydroxylation is 2. The van der Waals surface area contributed by atoms with E-state index < -0.39 is 0 Å². The number of ether oxygens (including phenoxy) is 1. The van der Waals surface area contributed by atoms with Crippen molar-refractivity contribution in [2.24, 2.45) is 5.10 Å². The number of aromatic nitrogens is 2. The van der Waals surface area contributed by atoms with E-state index in [1.54, 1.807) is 24.7 Å². The molecule has 2 aromatic heterocycles. The molecule has 1 N–H and O–H groups in total. The number of hydrogen-bond acceptors (Lipinski definition) is 5. The standard InChI is InChI=1S/C23H22N4O2S/c1-15-10-16(2)27(26-15)13-18-11-17(8-9-21(18)29-3)12-24-25-23(28)20-14-30-22-7-5-4-6-19(20)22/h4-12,14H,13H2,1-3H3,(H,25,28)/b24-12-. The highest BCUT2D eigenvalue weighted by Gasteiger charge is 2.11. The molecule has 0 aliphatic rings. The van der Waals surface area contributed by atoms with Crippen molar-refractivity contribution < 1.29 is 9.53 Å². The van der Waals surface area contributed by atoms with Gasteiger partial charge < -0.3 is 4.74 Å². The number of carbonyl (C=O) groups excluding carboxylic acids is 1. The van der Waals surface area contributed by atoms with Gasteiger partial charge in [-0.1, -0.05) is 18.2 Å². The third-order valence-electron chi connectivity index (χ3n) is 4.83. The quantitative estimate of drug-likeness (QED) is 0.369. The van der Waals surface area contributed by atoms with Gasteiger partial charge in [-0.25, -0.2) is 5.43 Å². The van der Waals surface area contributed by atoms with E-state index in [-0.39, 0.29) is 5.91 Å². The molecule has 0 saturated carbocycles. The SMILES string of the molecule is COc1ccc(/C=N\NC(=O)c2csc3ccccc23)cc1Cn1nc(C)cc1C. The van der Waals surface area contributed by atoms with Gasteiger partial charge in [0.05, 0.1) is 31.1 Å². The van der Waals surface area contributed by atoms with E-state index in [9.17, 15) is 4.79 Å². The lowest BCUT2D eigenvalue weighted by molar-refractivity contribution is 0.0957. The van der Waals surface area contributed by atoms with Gasteiger partial charge in [-0.3, -0.25) is 9.48 Å². The molecule has 4 aromatic rings. The molecule has 6 nitrogen and oxygen atoms in total. The topological polar surface area (TPSA) is 68.5 Å². The number of rotatable bonds is 6. The summed E-state index contributed by atoms with van der Waals surface area (Å²) in [6.07, 6.45) is 1.64. The Morgan fingerprint density at radius 2 is 2.07 bits per heavy atom. The van der Waals surface area contributed by atoms with Gasteiger partial charge in [0, 0.05) is 26.7 Å². The van der Waals surface area contributed by atoms with Crippen molar-refractivity contribution >= 4 is 33.5 Å². The Morgan fingerprint density at radius 1 is 1.23 bits per heavy atom. The molecular formula is C23H22N4O2S. The maximum absolute atomic E-state index is 12.5. The summed E-state index contributed by atoms with van der Waals surface area (Å²) in [4.78, 5) is 12.5. The van der Waals surface area contributed by atoms with Gasteiger partial charge in [-0.2, -0.15) is 10.2 Å². The van der Waals surface area contributed by atoms with Crippen molar-refractivity contribution in [2.75, 3.05) is 7.11 Å². The largest absolute Gasteiger partial charge is 0.496 e. The summed E-state index contributed by atoms with van der Waals surface area (Å²) >= 11 is 1.55. The molecule has 0 aliphatic carbocycles. The lowest BCUT2D eigenvalue weighted by atomic mass is 10.1. The maximum atomic E-state index is 12.5. The van der Waals surface area contributed by atoms with Gasteiger partial charge in [-0.15, -0.1) is 11.3 Å². The Bertz CT molecular complexity index is 1240. The second kappa shape index (κ2) is 8.51. The second-order valence-electron chi connectivity index (χ2n) is 7.00. The highest BCUT2D eigenvalue weighted by Crippen LogP contribution is 2.25. The first-order chi connectivity index (χ1) is 14.5. The van der Waals surface area contributed by atoms with Crippen LogP contribution in [-0.2, 0) is 6.54 Å². The van der Waals surface area contributed by atoms with Gasteiger partial charge in [0.25, 0.3) is 5.91 Å². The number of benzene rings is 2. The van der Waals surface area contributed by atoms with Gasteiger partial charge >= 0.3 is 0 Å². The van der Waals surface area contributed by atoms with Crippen molar-refractivity contribution in [3.8, 4) is 5.75 Å². The monoisotopic (exact) mass is 418 g/mol. The van der Waals surface area contributed by atoms with E-state index in [4.69, 9.17) is 4.74 Å². The number of hydrazone groups is 1. The number of amides is 1. The molecule has 30 heavy (non-hydrogen) atoms. The van der Waals surface area contributed by atoms with Crippen LogP contribution in [0.4, 0.5) is 0 Å². The fourth-order valence-electron chi connectivity index (χ4n) is 3.38. The van der Waals surface area contributed by atoms with Gasteiger partial charge in [0.15, 0.2) is 0 Å². The molecule has 0 saturated heterocycles. The minimum absolute atomic E-state index is 0.222. The smallest absolute Gasteiger partial charge is 0.272 e. The van der Waals surface area contributed by atoms with E-state index >= 15 is 0 Å². The Hall–Kier alpha value is -3.45. The van der Waals surface area contributed by atoms with E-state index in [0.29, 0.717) is 12.1 Å². The first kappa shape index (κ1) is 19.8. The molecule has 0 atom stereocenters. The fraction of sp³-hybridized carbons (Fsp3) is 0.174. The molecular weight excluding hydrogens is 396 g/mol. The van der Waals surface area contributed by atoms with Gasteiger partial charge in [-0.05, 0) is 49.7 Å². The van der Waals surface area contributed by atoms with Gasteiger partial charge in [0.1, 0.15) is 5.75 Å². The average Bonchev–Trinajstić information content (AvgIpc) is 3.31. The minimum Gasteiger partial charge on any atom is -0.496 e. The van der Waals surface area contributed by atoms with E-state index in [1.807, 2.05) is 72.4 Å². The molecule has 0 radical (unpaired) electrons. The molecule has 0 spiro atoms. The summed E-state index contributed by atoms with van der Waals surface area (Å²) < 4.78 is 8.52. The van der Waals surface area contributed by atoms with Crippen LogP contribution in [-0.4, -0.2) is 29.0 Å². The number of hydrogen-bond donors (Lipinski definition) is 1. The van der Waals surface area contributed by atoms with Crippen LogP contribution in [0.15, 0.2) is 59.0 Å². The third-order valence-corrected chi connectivity index (χ3v) is 5.80. The van der Waals surface area contributed by atoms with Crippen molar-refractivity contribution in [3.05, 3.63) is 82.0 Å². The first-order valence-electron chi connectivity index (χ1n) is 9.53. The Balaban J connectivity index is 1.50. The van der Waals surface area contributed by atoms with E-state index in [1.165, 1.54) is 0 Å². The number of thiophene rings is 1. The van der Waals surface area contributed by atoms with Crippen molar-refractivity contribution in [1.82, 2.24) is 15.2 Å². The highest BCUT2D eigenvalue weighted by molar-refractivity contribution is 7.17. The summed E-state index contributed by atoms with van der Waals surface area (Å²) in [5, 5.41) is 11.5. The van der Waals surface area contributed by atoms with Gasteiger partial charge in [0.2, 0.25) is 0 Å². The molecule has 2 aromatic carbocycles. The van der Waals surface area contributed by atoms with Crippen molar-refractivity contribution in [1.29, 1.82) is 0 Å². The number of fused-ring (bicyclic) bond motifs is 1. The average molecular weight is 419 g/mol. The second-order valence-corrected chi connectivity index (χ2v) is 7.91. The lowest BCUT2D eigenvalue weighted by Gasteiger charge is -2.11. The summed E-state index contributed by atoms with van der Waals surface area (Å²) in [6, 6.07) is 15.7. The first-order valence-corrected chi connectivity index (χ1v) is 10.4. The van der Waals surface area contributed by atoms with Crippen LogP contribution in [0.3, 0.4) is 0 Å². The van der Waals surface area contributed by atoms with E-state index in [0.717, 1.165) is 38.4 Å². The van der Waals surface area contributed by atoms with Crippen LogP contribution in [0, 0.1) is 13.8 Å². The Morgan fingerprint density at radius 3 is 2.83 bits per heavy atom. The fourth-order valence-corrected chi connectivity index (χ4v) is 4.32. The van der Waals surface area contributed by atoms with Crippen LogP contribution in [0.25, 0.3) is 10.1 Å². The predicted octanol–water partition coefficient (Wildman–Crippen LogP) is 4.54. The molecule has 2 heterocycles. The van der Waals surface area contributed by atoms with Crippen LogP contribution in [0.5, 0.6) is 5.75 Å².